The van der Waals surface area contributed by atoms with Crippen molar-refractivity contribution in [1.82, 2.24) is 0 Å². The van der Waals surface area contributed by atoms with Gasteiger partial charge in [-0.15, -0.1) is 0 Å². The molecule has 0 aliphatic rings. The molecule has 0 spiro atoms. The topological polar surface area (TPSA) is 74.6 Å². The van der Waals surface area contributed by atoms with Crippen molar-refractivity contribution in [3.05, 3.63) is 0 Å². The van der Waals surface area contributed by atoms with E-state index in [4.69, 9.17) is 17.5 Å². The first-order valence-electron chi connectivity index (χ1n) is 0.698. The molecule has 0 aliphatic heterocycles. The Kier molecular flexibility index (Phi) is 13.9. The van der Waals surface area contributed by atoms with Crippen molar-refractivity contribution in [1.29, 1.82) is 0 Å². The van der Waals surface area contributed by atoms with Gasteiger partial charge in [0.1, 0.15) is 0 Å². The minimum Gasteiger partial charge on any atom is 0 e. The fraction of sp³-hybridized carbons (Fsp3) is 0. The van der Waals surface area contributed by atoms with Crippen LogP contribution in [0.1, 0.15) is 0 Å². The molecule has 0 unspecified atom stereocenters. The quantitative estimate of drug-likeness (QED) is 0.418. The number of hydrogen-bond acceptors (Lipinski definition) is 2. The fourth-order valence-corrected chi connectivity index (χ4v) is 0. The van der Waals surface area contributed by atoms with Crippen LogP contribution in [0.15, 0.2) is 0 Å². The second-order valence-corrected chi connectivity index (χ2v) is 1.34. The predicted octanol–water partition coefficient (Wildman–Crippen LogP) is -1.57. The molecule has 0 aromatic carbocycles. The van der Waals surface area contributed by atoms with E-state index in [9.17, 15) is 0 Å². The number of hydrogen-bond donors (Lipinski definition) is 2. The van der Waals surface area contributed by atoms with Crippen molar-refractivity contribution in [3.63, 3.8) is 0 Å². The van der Waals surface area contributed by atoms with Crippen LogP contribution in [0, 0.1) is 0 Å². The van der Waals surface area contributed by atoms with Gasteiger partial charge in [0.05, 0.1) is 0 Å². The van der Waals surface area contributed by atoms with E-state index in [-0.39, 0.29) is 65.9 Å². The van der Waals surface area contributed by atoms with Crippen LogP contribution in [0.5, 0.6) is 0 Å². The Bertz CT molecular complexity index is 94.9. The first-order chi connectivity index (χ1) is 2.00. The van der Waals surface area contributed by atoms with Crippen molar-refractivity contribution in [2.45, 2.75) is 0 Å². The third-order valence-corrected chi connectivity index (χ3v) is 0. The molecule has 0 bridgehead atoms. The van der Waals surface area contributed by atoms with Gasteiger partial charge < -0.3 is 0 Å². The maximum absolute atomic E-state index is 8.74. The van der Waals surface area contributed by atoms with E-state index in [1.807, 2.05) is 0 Å². The molecule has 0 rings (SSSR count). The summed E-state index contributed by atoms with van der Waals surface area (Å²) in [5.41, 5.74) is 0. The fourth-order valence-electron chi connectivity index (χ4n) is 0. The minimum absolute atomic E-state index is 0. The molecule has 2 N–H and O–H groups in total. The molecule has 0 saturated carbocycles. The van der Waals surface area contributed by atoms with Crippen LogP contribution in [0.4, 0.5) is 0 Å². The smallest absolute Gasteiger partial charge is 0 e. The summed E-state index contributed by atoms with van der Waals surface area (Å²) in [6.07, 6.45) is 0. The van der Waals surface area contributed by atoms with E-state index in [1.54, 1.807) is 0 Å². The second-order valence-electron chi connectivity index (χ2n) is 0.448. The number of rotatable bonds is 0. The summed E-state index contributed by atoms with van der Waals surface area (Å²) in [6.45, 7) is 0. The zero-order valence-corrected chi connectivity index (χ0v) is 4.49. The van der Waals surface area contributed by atoms with Gasteiger partial charge in [-0.2, -0.15) is 8.42 Å². The Morgan fingerprint density at radius 3 is 1.14 bits per heavy atom. The second kappa shape index (κ2) is 6.09. The van der Waals surface area contributed by atoms with Gasteiger partial charge in [-0.3, -0.25) is 9.11 Å². The Morgan fingerprint density at radius 1 is 1.14 bits per heavy atom. The summed E-state index contributed by atoms with van der Waals surface area (Å²) in [4.78, 5) is 0. The molecule has 0 amide bonds. The minimum atomic E-state index is -4.67. The summed E-state index contributed by atoms with van der Waals surface area (Å²) in [5.74, 6) is 0. The van der Waals surface area contributed by atoms with Gasteiger partial charge in [-0.1, -0.05) is 0 Å². The van der Waals surface area contributed by atoms with Crippen molar-refractivity contribution in [2.75, 3.05) is 0 Å². The third-order valence-electron chi connectivity index (χ3n) is 0. The summed E-state index contributed by atoms with van der Waals surface area (Å²) < 4.78 is 31.6. The van der Waals surface area contributed by atoms with E-state index in [0.29, 0.717) is 0 Å². The van der Waals surface area contributed by atoms with E-state index in [1.165, 1.54) is 0 Å². The summed E-state index contributed by atoms with van der Waals surface area (Å²) in [7, 11) is -4.67. The molecule has 0 aliphatic carbocycles. The molecule has 0 atom stereocenters. The van der Waals surface area contributed by atoms with Crippen LogP contribution in [0.2, 0.25) is 0 Å². The normalized spacial score (nSPS) is 8.29. The maximum atomic E-state index is 8.74. The van der Waals surface area contributed by atoms with Gasteiger partial charge in [0.2, 0.25) is 0 Å². The molecule has 0 aromatic heterocycles. The Labute approximate surface area is 92.2 Å². The molecule has 4 nitrogen and oxygen atoms in total. The molecular weight excluding hydrogens is 288 g/mol. The van der Waals surface area contributed by atoms with Crippen LogP contribution in [0.3, 0.4) is 0 Å². The summed E-state index contributed by atoms with van der Waals surface area (Å²) in [5, 5.41) is 0. The van der Waals surface area contributed by atoms with Gasteiger partial charge in [-0.05, 0) is 0 Å². The van der Waals surface area contributed by atoms with Crippen LogP contribution < -0.4 is 0 Å². The van der Waals surface area contributed by atoms with E-state index >= 15 is 0 Å². The molecule has 0 fully saturated rings. The van der Waals surface area contributed by atoms with Crippen LogP contribution >= 0.6 is 0 Å². The zero-order valence-electron chi connectivity index (χ0n) is 2.50. The Morgan fingerprint density at radius 2 is 1.14 bits per heavy atom. The van der Waals surface area contributed by atoms with Crippen molar-refractivity contribution >= 4 is 59.3 Å². The molecule has 1 radical (unpaired) electrons. The zero-order chi connectivity index (χ0) is 4.50. The van der Waals surface area contributed by atoms with Crippen LogP contribution in [-0.4, -0.2) is 66.4 Å². The molecule has 0 heterocycles. The van der Waals surface area contributed by atoms with Gasteiger partial charge in [0, 0.05) is 17.1 Å². The predicted molar refractivity (Wildman–Crippen MR) is 22.7 cm³/mol. The Hall–Kier alpha value is 1.96. The van der Waals surface area contributed by atoms with Crippen LogP contribution in [-0.2, 0) is 27.5 Å². The summed E-state index contributed by atoms with van der Waals surface area (Å²) >= 11 is 0. The van der Waals surface area contributed by atoms with Gasteiger partial charge in [0.25, 0.3) is 0 Å². The van der Waals surface area contributed by atoms with Gasteiger partial charge in [-0.25, -0.2) is 0 Å². The monoisotopic (exact) mass is 293 g/mol. The van der Waals surface area contributed by atoms with Crippen molar-refractivity contribution in [2.24, 2.45) is 0 Å². The molecule has 0 saturated heterocycles. The maximum Gasteiger partial charge on any atom is 0 e. The largest absolute Gasteiger partial charge is 0 e. The average Bonchev–Trinajstić information content (AvgIpc) is 0.722. The van der Waals surface area contributed by atoms with Crippen molar-refractivity contribution < 1.29 is 34.6 Å². The standard InChI is InChI=1S/Ba.Mn.H2O4S.2H/c;;1-5(2,3)4;;/h;;(H2,1,2,3,4);;. The SMILES string of the molecule is O=S(=O)(O)O.[BaH2].[Mn]. The third kappa shape index (κ3) is 73.6. The first kappa shape index (κ1) is 16.0. The molecule has 43 valence electrons. The van der Waals surface area contributed by atoms with Gasteiger partial charge >= 0.3 is 59.3 Å². The molecule has 7 heavy (non-hydrogen) atoms. The molecule has 0 aromatic rings. The molecular formula is H4BaMnO4S. The molecule has 7 heteroatoms. The van der Waals surface area contributed by atoms with Crippen LogP contribution in [0.25, 0.3) is 0 Å². The van der Waals surface area contributed by atoms with E-state index < -0.39 is 10.4 Å². The average molecular weight is 292 g/mol. The Balaban J connectivity index is -0.0000000800. The summed E-state index contributed by atoms with van der Waals surface area (Å²) in [6, 6.07) is 0. The first-order valence-corrected chi connectivity index (χ1v) is 2.10. The van der Waals surface area contributed by atoms with Gasteiger partial charge in [0.15, 0.2) is 0 Å². The van der Waals surface area contributed by atoms with E-state index in [0.717, 1.165) is 0 Å². The van der Waals surface area contributed by atoms with Crippen molar-refractivity contribution in [3.8, 4) is 0 Å². The van der Waals surface area contributed by atoms with E-state index in [2.05, 4.69) is 0 Å².